The predicted molar refractivity (Wildman–Crippen MR) is 129 cm³/mol. The van der Waals surface area contributed by atoms with Crippen molar-refractivity contribution in [3.63, 3.8) is 0 Å². The highest BCUT2D eigenvalue weighted by molar-refractivity contribution is 9.10. The summed E-state index contributed by atoms with van der Waals surface area (Å²) in [6, 6.07) is 13.8. The first-order valence-corrected chi connectivity index (χ1v) is 12.0. The SMILES string of the molecule is CC(C)(C)c1ccc(C(=O)NC(Cc2ccc(Br)cc2)C(=O)N2CC[C@H]3OCC(=O)[C@H]32)cc1. The number of ether oxygens (including phenoxy) is 1. The Kier molecular flexibility index (Phi) is 6.73. The third kappa shape index (κ3) is 5.20. The van der Waals surface area contributed by atoms with E-state index in [2.05, 4.69) is 42.0 Å². The number of carbonyl (C=O) groups is 3. The van der Waals surface area contributed by atoms with Crippen molar-refractivity contribution in [1.82, 2.24) is 10.2 Å². The highest BCUT2D eigenvalue weighted by Gasteiger charge is 2.48. The number of halogens is 1. The molecule has 0 saturated carbocycles. The zero-order chi connectivity index (χ0) is 23.8. The molecule has 0 bridgehead atoms. The molecular weight excluding hydrogens is 484 g/mol. The summed E-state index contributed by atoms with van der Waals surface area (Å²) in [5.74, 6) is -0.628. The number of hydrogen-bond donors (Lipinski definition) is 1. The second-order valence-corrected chi connectivity index (χ2v) is 10.7. The quantitative estimate of drug-likeness (QED) is 0.663. The molecule has 6 nitrogen and oxygen atoms in total. The normalized spacial score (nSPS) is 21.1. The van der Waals surface area contributed by atoms with E-state index in [1.54, 1.807) is 17.0 Å². The predicted octanol–water partition coefficient (Wildman–Crippen LogP) is 3.66. The number of nitrogens with zero attached hydrogens (tertiary/aromatic N) is 1. The van der Waals surface area contributed by atoms with Crippen LogP contribution in [0, 0.1) is 0 Å². The summed E-state index contributed by atoms with van der Waals surface area (Å²) in [6.07, 6.45) is 0.728. The summed E-state index contributed by atoms with van der Waals surface area (Å²) in [7, 11) is 0. The molecule has 0 aromatic heterocycles. The molecule has 1 N–H and O–H groups in total. The van der Waals surface area contributed by atoms with Gasteiger partial charge in [-0.05, 0) is 47.2 Å². The summed E-state index contributed by atoms with van der Waals surface area (Å²) in [4.78, 5) is 40.6. The van der Waals surface area contributed by atoms with Crippen LogP contribution in [-0.2, 0) is 26.2 Å². The molecule has 7 heteroatoms. The Balaban J connectivity index is 1.56. The van der Waals surface area contributed by atoms with Gasteiger partial charge in [0.2, 0.25) is 5.91 Å². The lowest BCUT2D eigenvalue weighted by atomic mass is 9.86. The maximum atomic E-state index is 13.6. The molecule has 2 aliphatic rings. The maximum Gasteiger partial charge on any atom is 0.251 e. The molecule has 33 heavy (non-hydrogen) atoms. The van der Waals surface area contributed by atoms with Crippen LogP contribution >= 0.6 is 15.9 Å². The number of benzene rings is 2. The summed E-state index contributed by atoms with van der Waals surface area (Å²) >= 11 is 3.43. The minimum absolute atomic E-state index is 0.0166. The Labute approximate surface area is 202 Å². The van der Waals surface area contributed by atoms with Crippen LogP contribution in [0.2, 0.25) is 0 Å². The standard InChI is InChI=1S/C26H29BrN2O4/c1-26(2,3)18-8-6-17(7-9-18)24(31)28-20(14-16-4-10-19(27)11-5-16)25(32)29-13-12-22-23(29)21(30)15-33-22/h4-11,20,22-23H,12-15H2,1-3H3,(H,28,31)/t20?,22-,23-/m1/s1. The number of ketones is 1. The number of nitrogens with one attached hydrogen (secondary N) is 1. The minimum Gasteiger partial charge on any atom is -0.368 e. The largest absolute Gasteiger partial charge is 0.368 e. The van der Waals surface area contributed by atoms with E-state index in [0.717, 1.165) is 15.6 Å². The molecule has 2 aromatic rings. The average Bonchev–Trinajstić information content (AvgIpc) is 3.37. The van der Waals surface area contributed by atoms with Crippen LogP contribution in [0.4, 0.5) is 0 Å². The van der Waals surface area contributed by atoms with E-state index < -0.39 is 12.1 Å². The van der Waals surface area contributed by atoms with E-state index in [9.17, 15) is 14.4 Å². The highest BCUT2D eigenvalue weighted by atomic mass is 79.9. The fraction of sp³-hybridized carbons (Fsp3) is 0.423. The van der Waals surface area contributed by atoms with E-state index in [1.807, 2.05) is 36.4 Å². The van der Waals surface area contributed by atoms with Crippen molar-refractivity contribution >= 4 is 33.5 Å². The van der Waals surface area contributed by atoms with Gasteiger partial charge in [-0.3, -0.25) is 14.4 Å². The monoisotopic (exact) mass is 512 g/mol. The number of hydrogen-bond acceptors (Lipinski definition) is 4. The Morgan fingerprint density at radius 3 is 2.42 bits per heavy atom. The molecule has 2 amide bonds. The molecule has 2 aliphatic heterocycles. The Morgan fingerprint density at radius 1 is 1.12 bits per heavy atom. The summed E-state index contributed by atoms with van der Waals surface area (Å²) in [5.41, 5.74) is 2.53. The second-order valence-electron chi connectivity index (χ2n) is 9.76. The van der Waals surface area contributed by atoms with Gasteiger partial charge >= 0.3 is 0 Å². The van der Waals surface area contributed by atoms with Crippen LogP contribution in [0.15, 0.2) is 53.0 Å². The van der Waals surface area contributed by atoms with Gasteiger partial charge in [0.1, 0.15) is 18.7 Å². The van der Waals surface area contributed by atoms with Crippen LogP contribution in [-0.4, -0.2) is 53.8 Å². The first kappa shape index (κ1) is 23.6. The van der Waals surface area contributed by atoms with Crippen LogP contribution in [0.3, 0.4) is 0 Å². The summed E-state index contributed by atoms with van der Waals surface area (Å²) < 4.78 is 6.47. The Hall–Kier alpha value is -2.51. The van der Waals surface area contributed by atoms with Gasteiger partial charge < -0.3 is 15.0 Å². The summed E-state index contributed by atoms with van der Waals surface area (Å²) in [5, 5.41) is 2.93. The third-order valence-corrected chi connectivity index (χ3v) is 6.89. The number of amides is 2. The lowest BCUT2D eigenvalue weighted by molar-refractivity contribution is -0.138. The fourth-order valence-electron chi connectivity index (χ4n) is 4.46. The number of likely N-dealkylation sites (tertiary alicyclic amines) is 1. The minimum atomic E-state index is -0.784. The van der Waals surface area contributed by atoms with Crippen LogP contribution < -0.4 is 5.32 Å². The first-order valence-electron chi connectivity index (χ1n) is 11.2. The van der Waals surface area contributed by atoms with Crippen LogP contribution in [0.5, 0.6) is 0 Å². The molecule has 2 heterocycles. The molecule has 0 aliphatic carbocycles. The van der Waals surface area contributed by atoms with E-state index in [1.165, 1.54) is 0 Å². The van der Waals surface area contributed by atoms with Gasteiger partial charge in [-0.2, -0.15) is 0 Å². The maximum absolute atomic E-state index is 13.6. The molecule has 174 valence electrons. The van der Waals surface area contributed by atoms with Gasteiger partial charge in [0, 0.05) is 23.0 Å². The van der Waals surface area contributed by atoms with E-state index in [4.69, 9.17) is 4.74 Å². The average molecular weight is 513 g/mol. The first-order chi connectivity index (χ1) is 15.6. The van der Waals surface area contributed by atoms with Crippen molar-refractivity contribution in [1.29, 1.82) is 0 Å². The van der Waals surface area contributed by atoms with Gasteiger partial charge in [-0.15, -0.1) is 0 Å². The van der Waals surface area contributed by atoms with Crippen LogP contribution in [0.1, 0.15) is 48.7 Å². The van der Waals surface area contributed by atoms with Gasteiger partial charge in [0.05, 0.1) is 6.10 Å². The van der Waals surface area contributed by atoms with Crippen molar-refractivity contribution in [3.05, 3.63) is 69.7 Å². The number of rotatable bonds is 5. The molecule has 3 atom stereocenters. The van der Waals surface area contributed by atoms with Crippen LogP contribution in [0.25, 0.3) is 0 Å². The smallest absolute Gasteiger partial charge is 0.251 e. The van der Waals surface area contributed by atoms with Gasteiger partial charge in [-0.25, -0.2) is 0 Å². The lowest BCUT2D eigenvalue weighted by Crippen LogP contribution is -2.53. The van der Waals surface area contributed by atoms with Crippen molar-refractivity contribution in [3.8, 4) is 0 Å². The Morgan fingerprint density at radius 2 is 1.79 bits per heavy atom. The molecule has 2 saturated heterocycles. The van der Waals surface area contributed by atoms with Gasteiger partial charge in [0.25, 0.3) is 5.91 Å². The van der Waals surface area contributed by atoms with Crippen molar-refractivity contribution in [2.24, 2.45) is 0 Å². The summed E-state index contributed by atoms with van der Waals surface area (Å²) in [6.45, 7) is 6.85. The third-order valence-electron chi connectivity index (χ3n) is 6.36. The van der Waals surface area contributed by atoms with Gasteiger partial charge in [-0.1, -0.05) is 61.0 Å². The zero-order valence-corrected chi connectivity index (χ0v) is 20.7. The number of fused-ring (bicyclic) bond motifs is 1. The molecule has 2 aromatic carbocycles. The molecule has 0 radical (unpaired) electrons. The number of carbonyl (C=O) groups excluding carboxylic acids is 3. The highest BCUT2D eigenvalue weighted by Crippen LogP contribution is 2.28. The molecule has 4 rings (SSSR count). The van der Waals surface area contributed by atoms with E-state index in [-0.39, 0.29) is 35.7 Å². The molecule has 0 spiro atoms. The fourth-order valence-corrected chi connectivity index (χ4v) is 4.73. The second kappa shape index (κ2) is 9.39. The topological polar surface area (TPSA) is 75.7 Å². The zero-order valence-electron chi connectivity index (χ0n) is 19.1. The van der Waals surface area contributed by atoms with Crippen molar-refractivity contribution in [2.45, 2.75) is 57.2 Å². The van der Waals surface area contributed by atoms with E-state index >= 15 is 0 Å². The Bertz CT molecular complexity index is 1040. The van der Waals surface area contributed by atoms with E-state index in [0.29, 0.717) is 24.9 Å². The molecule has 1 unspecified atom stereocenters. The molecule has 2 fully saturated rings. The van der Waals surface area contributed by atoms with Crippen molar-refractivity contribution in [2.75, 3.05) is 13.2 Å². The molecular formula is C26H29BrN2O4. The van der Waals surface area contributed by atoms with Gasteiger partial charge in [0.15, 0.2) is 5.78 Å². The lowest BCUT2D eigenvalue weighted by Gasteiger charge is -2.28. The van der Waals surface area contributed by atoms with Crippen molar-refractivity contribution < 1.29 is 19.1 Å². The number of Topliss-reactive ketones (excluding diaryl/α,β-unsaturated/α-hetero) is 1.